The molecule has 1 amide bonds. The van der Waals surface area contributed by atoms with Crippen LogP contribution in [0.2, 0.25) is 0 Å². The summed E-state index contributed by atoms with van der Waals surface area (Å²) in [5.41, 5.74) is 7.12. The number of rotatable bonds is 8. The molecule has 2 N–H and O–H groups in total. The fourth-order valence-corrected chi connectivity index (χ4v) is 5.23. The van der Waals surface area contributed by atoms with Crippen LogP contribution in [0.25, 0.3) is 10.9 Å². The molecule has 7 heteroatoms. The molecule has 1 saturated carbocycles. The van der Waals surface area contributed by atoms with Gasteiger partial charge in [0.25, 0.3) is 0 Å². The third-order valence-corrected chi connectivity index (χ3v) is 7.16. The Bertz CT molecular complexity index is 1170. The van der Waals surface area contributed by atoms with E-state index in [1.807, 2.05) is 22.9 Å². The van der Waals surface area contributed by atoms with Crippen molar-refractivity contribution in [3.8, 4) is 5.75 Å². The number of ether oxygens (including phenoxy) is 1. The van der Waals surface area contributed by atoms with Gasteiger partial charge in [-0.3, -0.25) is 9.69 Å². The highest BCUT2D eigenvalue weighted by atomic mass is 19.1. The highest BCUT2D eigenvalue weighted by Gasteiger charge is 2.35. The Morgan fingerprint density at radius 3 is 2.70 bits per heavy atom. The van der Waals surface area contributed by atoms with Crippen molar-refractivity contribution in [3.05, 3.63) is 65.4 Å². The van der Waals surface area contributed by atoms with Gasteiger partial charge in [0, 0.05) is 41.3 Å². The van der Waals surface area contributed by atoms with E-state index in [-0.39, 0.29) is 17.6 Å². The third-order valence-electron chi connectivity index (χ3n) is 7.16. The molecule has 1 aromatic heterocycles. The Labute approximate surface area is 192 Å². The molecule has 2 heterocycles. The number of unbranched alkanes of at least 4 members (excludes halogenated alkanes) is 1. The highest BCUT2D eigenvalue weighted by molar-refractivity contribution is 5.95. The molecule has 33 heavy (non-hydrogen) atoms. The van der Waals surface area contributed by atoms with Crippen molar-refractivity contribution < 1.29 is 18.3 Å². The lowest BCUT2D eigenvalue weighted by molar-refractivity contribution is 0.0414. The van der Waals surface area contributed by atoms with Crippen molar-refractivity contribution in [1.82, 2.24) is 9.47 Å². The summed E-state index contributed by atoms with van der Waals surface area (Å²) in [6, 6.07) is 10.4. The molecule has 1 atom stereocenters. The van der Waals surface area contributed by atoms with Crippen LogP contribution in [0.5, 0.6) is 5.75 Å². The van der Waals surface area contributed by atoms with E-state index in [0.717, 1.165) is 44.2 Å². The number of primary amides is 1. The van der Waals surface area contributed by atoms with E-state index >= 15 is 0 Å². The van der Waals surface area contributed by atoms with Crippen molar-refractivity contribution >= 4 is 16.8 Å². The molecule has 0 spiro atoms. The molecule has 2 aromatic carbocycles. The van der Waals surface area contributed by atoms with Gasteiger partial charge in [-0.25, -0.2) is 8.78 Å². The van der Waals surface area contributed by atoms with Gasteiger partial charge in [0.1, 0.15) is 12.4 Å². The van der Waals surface area contributed by atoms with Crippen LogP contribution in [-0.2, 0) is 13.0 Å². The van der Waals surface area contributed by atoms with E-state index < -0.39 is 11.7 Å². The highest BCUT2D eigenvalue weighted by Crippen LogP contribution is 2.35. The van der Waals surface area contributed by atoms with E-state index in [1.54, 1.807) is 6.07 Å². The summed E-state index contributed by atoms with van der Waals surface area (Å²) in [4.78, 5) is 14.4. The fourth-order valence-electron chi connectivity index (χ4n) is 5.23. The number of fused-ring (bicyclic) bond motifs is 2. The number of halogens is 2. The number of nitrogens with zero attached hydrogens (tertiary/aromatic N) is 2. The van der Waals surface area contributed by atoms with Crippen LogP contribution in [0, 0.1) is 11.6 Å². The second kappa shape index (κ2) is 9.14. The first-order chi connectivity index (χ1) is 16.0. The normalized spacial score (nSPS) is 18.2. The number of hydrogen-bond acceptors (Lipinski definition) is 3. The molecule has 174 valence electrons. The van der Waals surface area contributed by atoms with E-state index in [4.69, 9.17) is 10.5 Å². The van der Waals surface area contributed by atoms with Gasteiger partial charge in [0.2, 0.25) is 5.91 Å². The molecular formula is C26H29F2N3O2. The summed E-state index contributed by atoms with van der Waals surface area (Å²) < 4.78 is 36.3. The molecule has 0 saturated heterocycles. The Kier molecular flexibility index (Phi) is 6.06. The number of carbonyl (C=O) groups excluding carboxylic acids is 1. The van der Waals surface area contributed by atoms with Crippen LogP contribution in [0.3, 0.4) is 0 Å². The molecule has 2 aliphatic rings. The average molecular weight is 454 g/mol. The maximum atomic E-state index is 14.3. The first-order valence-corrected chi connectivity index (χ1v) is 11.8. The molecule has 5 rings (SSSR count). The number of carbonyl (C=O) groups is 1. The summed E-state index contributed by atoms with van der Waals surface area (Å²) >= 11 is 0. The Balaban J connectivity index is 1.26. The van der Waals surface area contributed by atoms with Gasteiger partial charge in [0.15, 0.2) is 11.6 Å². The zero-order valence-corrected chi connectivity index (χ0v) is 18.6. The third kappa shape index (κ3) is 4.22. The lowest BCUT2D eigenvalue weighted by atomic mass is 9.87. The first kappa shape index (κ1) is 21.9. The van der Waals surface area contributed by atoms with Crippen LogP contribution in [-0.4, -0.2) is 40.6 Å². The lowest BCUT2D eigenvalue weighted by Gasteiger charge is -2.44. The fraction of sp³-hybridized carbons (Fsp3) is 0.423. The lowest BCUT2D eigenvalue weighted by Crippen LogP contribution is -2.51. The summed E-state index contributed by atoms with van der Waals surface area (Å²) in [5, 5.41) is 0.918. The number of aryl methyl sites for hydroxylation is 1. The average Bonchev–Trinajstić information content (AvgIpc) is 3.18. The topological polar surface area (TPSA) is 60.5 Å². The van der Waals surface area contributed by atoms with Gasteiger partial charge in [-0.15, -0.1) is 0 Å². The molecule has 1 aliphatic carbocycles. The smallest absolute Gasteiger partial charge is 0.249 e. The van der Waals surface area contributed by atoms with Gasteiger partial charge < -0.3 is 15.0 Å². The number of aromatic nitrogens is 1. The van der Waals surface area contributed by atoms with E-state index in [1.165, 1.54) is 24.6 Å². The first-order valence-electron chi connectivity index (χ1n) is 11.8. The van der Waals surface area contributed by atoms with Crippen molar-refractivity contribution in [2.45, 2.75) is 57.2 Å². The number of nitrogens with two attached hydrogens (primary N) is 1. The van der Waals surface area contributed by atoms with E-state index in [0.29, 0.717) is 35.7 Å². The molecule has 0 radical (unpaired) electrons. The molecule has 1 fully saturated rings. The molecule has 3 aromatic rings. The van der Waals surface area contributed by atoms with Gasteiger partial charge in [-0.2, -0.15) is 0 Å². The summed E-state index contributed by atoms with van der Waals surface area (Å²) in [5.74, 6) is -1.03. The SMILES string of the molecule is NC(=O)c1ccc(F)c2c1CC(N(CCCCn1ccc3cccc(F)c31)C1CCC1)CO2. The summed E-state index contributed by atoms with van der Waals surface area (Å²) in [6.07, 6.45) is 7.87. The predicted molar refractivity (Wildman–Crippen MR) is 123 cm³/mol. The Morgan fingerprint density at radius 2 is 1.94 bits per heavy atom. The minimum atomic E-state index is -0.558. The monoisotopic (exact) mass is 453 g/mol. The Morgan fingerprint density at radius 1 is 1.09 bits per heavy atom. The molecular weight excluding hydrogens is 424 g/mol. The largest absolute Gasteiger partial charge is 0.489 e. The van der Waals surface area contributed by atoms with Crippen LogP contribution >= 0.6 is 0 Å². The zero-order valence-electron chi connectivity index (χ0n) is 18.6. The standard InChI is InChI=1S/C26H29F2N3O2/c27-22-8-3-5-17-11-14-30(24(17)22)12-1-2-13-31(18-6-4-7-18)19-15-21-20(26(29)32)9-10-23(28)25(21)33-16-19/h3,5,8-11,14,18-19H,1-2,4,6-7,12-13,15-16H2,(H2,29,32). The van der Waals surface area contributed by atoms with Gasteiger partial charge in [-0.05, 0) is 62.9 Å². The number of benzene rings is 2. The van der Waals surface area contributed by atoms with E-state index in [9.17, 15) is 13.6 Å². The number of para-hydroxylation sites is 1. The van der Waals surface area contributed by atoms with Crippen molar-refractivity contribution in [2.24, 2.45) is 5.73 Å². The Hall–Kier alpha value is -2.93. The molecule has 1 aliphatic heterocycles. The zero-order chi connectivity index (χ0) is 22.9. The predicted octanol–water partition coefficient (Wildman–Crippen LogP) is 4.66. The van der Waals surface area contributed by atoms with Crippen LogP contribution in [0.15, 0.2) is 42.6 Å². The minimum absolute atomic E-state index is 0.0764. The van der Waals surface area contributed by atoms with Gasteiger partial charge >= 0.3 is 0 Å². The van der Waals surface area contributed by atoms with Crippen molar-refractivity contribution in [1.29, 1.82) is 0 Å². The molecule has 0 bridgehead atoms. The summed E-state index contributed by atoms with van der Waals surface area (Å²) in [6.45, 7) is 2.04. The van der Waals surface area contributed by atoms with Crippen LogP contribution < -0.4 is 10.5 Å². The van der Waals surface area contributed by atoms with Gasteiger partial charge in [-0.1, -0.05) is 18.6 Å². The second-order valence-electron chi connectivity index (χ2n) is 9.15. The van der Waals surface area contributed by atoms with Crippen molar-refractivity contribution in [3.63, 3.8) is 0 Å². The van der Waals surface area contributed by atoms with Crippen LogP contribution in [0.1, 0.15) is 48.0 Å². The van der Waals surface area contributed by atoms with Crippen molar-refractivity contribution in [2.75, 3.05) is 13.2 Å². The second-order valence-corrected chi connectivity index (χ2v) is 9.15. The minimum Gasteiger partial charge on any atom is -0.489 e. The molecule has 5 nitrogen and oxygen atoms in total. The number of hydrogen-bond donors (Lipinski definition) is 1. The maximum Gasteiger partial charge on any atom is 0.249 e. The quantitative estimate of drug-likeness (QED) is 0.505. The number of amides is 1. The molecule has 1 unspecified atom stereocenters. The summed E-state index contributed by atoms with van der Waals surface area (Å²) in [7, 11) is 0. The maximum absolute atomic E-state index is 14.3. The van der Waals surface area contributed by atoms with E-state index in [2.05, 4.69) is 4.90 Å². The van der Waals surface area contributed by atoms with Gasteiger partial charge in [0.05, 0.1) is 5.52 Å². The van der Waals surface area contributed by atoms with Crippen LogP contribution in [0.4, 0.5) is 8.78 Å².